The first-order valence-electron chi connectivity index (χ1n) is 8.08. The van der Waals surface area contributed by atoms with Gasteiger partial charge in [-0.3, -0.25) is 14.5 Å². The summed E-state index contributed by atoms with van der Waals surface area (Å²) in [5.74, 6) is 0.0447. The number of ketones is 1. The Morgan fingerprint density at radius 1 is 1.04 bits per heavy atom. The molecule has 0 bridgehead atoms. The Labute approximate surface area is 144 Å². The van der Waals surface area contributed by atoms with Gasteiger partial charge >= 0.3 is 0 Å². The Balaban J connectivity index is 1.54. The fourth-order valence-corrected chi connectivity index (χ4v) is 3.66. The summed E-state index contributed by atoms with van der Waals surface area (Å²) in [4.78, 5) is 29.6. The van der Waals surface area contributed by atoms with Crippen LogP contribution in [0, 0.1) is 0 Å². The van der Waals surface area contributed by atoms with Gasteiger partial charge in [-0.05, 0) is 32.0 Å². The highest BCUT2D eigenvalue weighted by molar-refractivity contribution is 7.15. The predicted molar refractivity (Wildman–Crippen MR) is 91.3 cm³/mol. The number of Topliss-reactive ketones (excluding diaryl/α,β-unsaturated/α-hetero) is 1. The largest absolute Gasteiger partial charge is 0.337 e. The number of thiophene rings is 1. The number of nitrogens with zero attached hydrogens (tertiary/aromatic N) is 5. The van der Waals surface area contributed by atoms with Gasteiger partial charge in [0.05, 0.1) is 9.75 Å². The summed E-state index contributed by atoms with van der Waals surface area (Å²) < 4.78 is 1.96. The Hall–Kier alpha value is -2.06. The maximum absolute atomic E-state index is 12.6. The number of hydrogen-bond acceptors (Lipinski definition) is 6. The van der Waals surface area contributed by atoms with Gasteiger partial charge in [-0.15, -0.1) is 21.5 Å². The van der Waals surface area contributed by atoms with Gasteiger partial charge in [-0.2, -0.15) is 0 Å². The molecule has 0 aromatic carbocycles. The van der Waals surface area contributed by atoms with Crippen molar-refractivity contribution in [3.8, 4) is 0 Å². The minimum atomic E-state index is 0.00934. The minimum absolute atomic E-state index is 0.00934. The van der Waals surface area contributed by atoms with Crippen LogP contribution in [-0.2, 0) is 6.54 Å². The number of carbonyl (C=O) groups excluding carboxylic acids is 2. The Morgan fingerprint density at radius 2 is 1.79 bits per heavy atom. The molecule has 0 aliphatic carbocycles. The molecule has 1 aliphatic rings. The third-order valence-electron chi connectivity index (χ3n) is 4.18. The minimum Gasteiger partial charge on any atom is -0.337 e. The van der Waals surface area contributed by atoms with Crippen molar-refractivity contribution in [2.75, 3.05) is 32.7 Å². The first-order valence-corrected chi connectivity index (χ1v) is 8.90. The first-order chi connectivity index (χ1) is 11.6. The molecule has 0 atom stereocenters. The number of carbonyl (C=O) groups is 2. The second-order valence-corrected chi connectivity index (χ2v) is 6.99. The summed E-state index contributed by atoms with van der Waals surface area (Å²) in [5.41, 5.74) is 0. The van der Waals surface area contributed by atoms with Crippen LogP contribution in [0.4, 0.5) is 0 Å². The second-order valence-electron chi connectivity index (χ2n) is 5.91. The number of amides is 1. The molecule has 0 radical (unpaired) electrons. The van der Waals surface area contributed by atoms with E-state index in [4.69, 9.17) is 0 Å². The molecule has 1 aliphatic heterocycles. The summed E-state index contributed by atoms with van der Waals surface area (Å²) >= 11 is 1.29. The zero-order valence-corrected chi connectivity index (χ0v) is 14.5. The van der Waals surface area contributed by atoms with Crippen molar-refractivity contribution in [2.45, 2.75) is 19.9 Å². The average Bonchev–Trinajstić information content (AvgIpc) is 3.21. The van der Waals surface area contributed by atoms with Gasteiger partial charge in [0.25, 0.3) is 5.91 Å². The van der Waals surface area contributed by atoms with E-state index < -0.39 is 0 Å². The molecule has 3 heterocycles. The predicted octanol–water partition coefficient (Wildman–Crippen LogP) is 1.39. The van der Waals surface area contributed by atoms with Crippen LogP contribution < -0.4 is 0 Å². The molecule has 1 amide bonds. The smallest absolute Gasteiger partial charge is 0.263 e. The summed E-state index contributed by atoms with van der Waals surface area (Å²) in [6.07, 6.45) is 4.40. The van der Waals surface area contributed by atoms with E-state index in [-0.39, 0.29) is 11.7 Å². The quantitative estimate of drug-likeness (QED) is 0.765. The van der Waals surface area contributed by atoms with Crippen molar-refractivity contribution in [3.05, 3.63) is 34.5 Å². The van der Waals surface area contributed by atoms with E-state index in [9.17, 15) is 9.59 Å². The summed E-state index contributed by atoms with van der Waals surface area (Å²) in [6, 6.07) is 3.50. The second kappa shape index (κ2) is 7.67. The molecule has 1 saturated heterocycles. The molecule has 1 fully saturated rings. The van der Waals surface area contributed by atoms with Gasteiger partial charge in [0, 0.05) is 32.7 Å². The number of aromatic nitrogens is 3. The molecular formula is C16H21N5O2S. The van der Waals surface area contributed by atoms with Crippen molar-refractivity contribution in [2.24, 2.45) is 0 Å². The molecule has 8 heteroatoms. The summed E-state index contributed by atoms with van der Waals surface area (Å²) in [5, 5.41) is 7.61. The number of rotatable bonds is 5. The van der Waals surface area contributed by atoms with Crippen LogP contribution >= 0.6 is 11.3 Å². The first kappa shape index (κ1) is 16.8. The number of hydrogen-bond donors (Lipinski definition) is 0. The Morgan fingerprint density at radius 3 is 2.50 bits per heavy atom. The SMILES string of the molecule is CC(=O)c1ccc(C(=O)N2CCCN(CCn3cnnc3)CC2)s1. The lowest BCUT2D eigenvalue weighted by molar-refractivity contribution is 0.0766. The van der Waals surface area contributed by atoms with Crippen LogP contribution in [0.15, 0.2) is 24.8 Å². The molecular weight excluding hydrogens is 326 g/mol. The highest BCUT2D eigenvalue weighted by Crippen LogP contribution is 2.19. The van der Waals surface area contributed by atoms with Crippen molar-refractivity contribution >= 4 is 23.0 Å². The molecule has 0 N–H and O–H groups in total. The molecule has 2 aromatic rings. The van der Waals surface area contributed by atoms with E-state index in [0.29, 0.717) is 16.3 Å². The van der Waals surface area contributed by atoms with E-state index in [1.54, 1.807) is 24.8 Å². The van der Waals surface area contributed by atoms with Crippen molar-refractivity contribution in [1.82, 2.24) is 24.6 Å². The molecule has 2 aromatic heterocycles. The van der Waals surface area contributed by atoms with Crippen LogP contribution in [0.2, 0.25) is 0 Å². The fourth-order valence-electron chi connectivity index (χ4n) is 2.79. The summed E-state index contributed by atoms with van der Waals surface area (Å²) in [7, 11) is 0. The van der Waals surface area contributed by atoms with Crippen molar-refractivity contribution in [3.63, 3.8) is 0 Å². The lowest BCUT2D eigenvalue weighted by atomic mass is 10.3. The fraction of sp³-hybridized carbons (Fsp3) is 0.500. The van der Waals surface area contributed by atoms with Crippen molar-refractivity contribution in [1.29, 1.82) is 0 Å². The topological polar surface area (TPSA) is 71.3 Å². The zero-order chi connectivity index (χ0) is 16.9. The van der Waals surface area contributed by atoms with Gasteiger partial charge in [0.1, 0.15) is 12.7 Å². The van der Waals surface area contributed by atoms with E-state index in [1.165, 1.54) is 18.3 Å². The molecule has 0 unspecified atom stereocenters. The van der Waals surface area contributed by atoms with E-state index in [1.807, 2.05) is 9.47 Å². The average molecular weight is 347 g/mol. The van der Waals surface area contributed by atoms with Gasteiger partial charge < -0.3 is 9.47 Å². The Kier molecular flexibility index (Phi) is 5.37. The normalized spacial score (nSPS) is 16.1. The Bertz CT molecular complexity index is 697. The monoisotopic (exact) mass is 347 g/mol. The van der Waals surface area contributed by atoms with Gasteiger partial charge in [0.15, 0.2) is 5.78 Å². The third-order valence-corrected chi connectivity index (χ3v) is 5.35. The van der Waals surface area contributed by atoms with Gasteiger partial charge in [-0.25, -0.2) is 0 Å². The van der Waals surface area contributed by atoms with E-state index >= 15 is 0 Å². The van der Waals surface area contributed by atoms with E-state index in [2.05, 4.69) is 15.1 Å². The van der Waals surface area contributed by atoms with Gasteiger partial charge in [0.2, 0.25) is 0 Å². The van der Waals surface area contributed by atoms with Gasteiger partial charge in [-0.1, -0.05) is 0 Å². The lowest BCUT2D eigenvalue weighted by Crippen LogP contribution is -2.35. The molecule has 3 rings (SSSR count). The lowest BCUT2D eigenvalue weighted by Gasteiger charge is -2.21. The molecule has 24 heavy (non-hydrogen) atoms. The zero-order valence-electron chi connectivity index (χ0n) is 13.7. The molecule has 0 spiro atoms. The molecule has 7 nitrogen and oxygen atoms in total. The summed E-state index contributed by atoms with van der Waals surface area (Å²) in [6.45, 7) is 6.62. The van der Waals surface area contributed by atoms with Crippen LogP contribution in [0.3, 0.4) is 0 Å². The maximum Gasteiger partial charge on any atom is 0.263 e. The van der Waals surface area contributed by atoms with Crippen LogP contribution in [0.1, 0.15) is 32.7 Å². The van der Waals surface area contributed by atoms with Crippen molar-refractivity contribution < 1.29 is 9.59 Å². The third kappa shape index (κ3) is 4.07. The highest BCUT2D eigenvalue weighted by Gasteiger charge is 2.21. The maximum atomic E-state index is 12.6. The molecule has 128 valence electrons. The van der Waals surface area contributed by atoms with E-state index in [0.717, 1.165) is 39.1 Å². The van der Waals surface area contributed by atoms with Crippen LogP contribution in [-0.4, -0.2) is 69.0 Å². The van der Waals surface area contributed by atoms with Crippen LogP contribution in [0.5, 0.6) is 0 Å². The highest BCUT2D eigenvalue weighted by atomic mass is 32.1. The molecule has 0 saturated carbocycles. The van der Waals surface area contributed by atoms with Crippen LogP contribution in [0.25, 0.3) is 0 Å². The standard InChI is InChI=1S/C16H21N5O2S/c1-13(22)14-3-4-15(24-14)16(23)21-6-2-5-19(9-10-21)7-8-20-11-17-18-12-20/h3-4,11-12H,2,5-10H2,1H3.